The van der Waals surface area contributed by atoms with Gasteiger partial charge in [-0.15, -0.1) is 0 Å². The summed E-state index contributed by atoms with van der Waals surface area (Å²) in [5, 5.41) is 3.01. The Bertz CT molecular complexity index is 822. The lowest BCUT2D eigenvalue weighted by Gasteiger charge is -2.34. The summed E-state index contributed by atoms with van der Waals surface area (Å²) < 4.78 is 0. The van der Waals surface area contributed by atoms with Crippen molar-refractivity contribution in [2.45, 2.75) is 38.5 Å². The summed E-state index contributed by atoms with van der Waals surface area (Å²) in [5.41, 5.74) is 1.78. The second kappa shape index (κ2) is 8.81. The maximum atomic E-state index is 13.1. The molecule has 4 nitrogen and oxygen atoms in total. The minimum atomic E-state index is -0.789. The lowest BCUT2D eigenvalue weighted by atomic mass is 9.89. The molecule has 1 aliphatic heterocycles. The van der Waals surface area contributed by atoms with Gasteiger partial charge in [-0.3, -0.25) is 9.59 Å². The maximum absolute atomic E-state index is 13.1. The molecule has 0 spiro atoms. The molecule has 1 aliphatic carbocycles. The highest BCUT2D eigenvalue weighted by molar-refractivity contribution is 6.07. The molecule has 2 fully saturated rings. The van der Waals surface area contributed by atoms with Gasteiger partial charge in [0, 0.05) is 19.6 Å². The Morgan fingerprint density at radius 3 is 2.07 bits per heavy atom. The molecule has 0 unspecified atom stereocenters. The van der Waals surface area contributed by atoms with Crippen LogP contribution in [-0.4, -0.2) is 36.3 Å². The normalized spacial score (nSPS) is 18.3. The lowest BCUT2D eigenvalue weighted by molar-refractivity contribution is -0.145. The average Bonchev–Trinajstić information content (AvgIpc) is 3.57. The Morgan fingerprint density at radius 2 is 1.48 bits per heavy atom. The van der Waals surface area contributed by atoms with E-state index >= 15 is 0 Å². The fourth-order valence-electron chi connectivity index (χ4n) is 4.39. The monoisotopic (exact) mass is 390 g/mol. The van der Waals surface area contributed by atoms with Gasteiger partial charge >= 0.3 is 0 Å². The van der Waals surface area contributed by atoms with E-state index in [4.69, 9.17) is 0 Å². The van der Waals surface area contributed by atoms with Crippen LogP contribution in [0.5, 0.6) is 0 Å². The van der Waals surface area contributed by atoms with E-state index in [2.05, 4.69) is 41.7 Å². The maximum Gasteiger partial charge on any atom is 0.238 e. The van der Waals surface area contributed by atoms with E-state index in [1.165, 1.54) is 11.1 Å². The predicted molar refractivity (Wildman–Crippen MR) is 114 cm³/mol. The summed E-state index contributed by atoms with van der Waals surface area (Å²) in [7, 11) is 0. The molecular weight excluding hydrogens is 360 g/mol. The summed E-state index contributed by atoms with van der Waals surface area (Å²) in [6.45, 7) is 2.13. The van der Waals surface area contributed by atoms with E-state index in [0.29, 0.717) is 25.3 Å². The Kier molecular flexibility index (Phi) is 5.98. The summed E-state index contributed by atoms with van der Waals surface area (Å²) in [5.74, 6) is 0.592. The summed E-state index contributed by atoms with van der Waals surface area (Å²) in [4.78, 5) is 27.8. The summed E-state index contributed by atoms with van der Waals surface area (Å²) >= 11 is 0. The first-order valence-corrected chi connectivity index (χ1v) is 10.8. The van der Waals surface area contributed by atoms with Crippen molar-refractivity contribution in [3.63, 3.8) is 0 Å². The average molecular weight is 391 g/mol. The molecule has 1 saturated carbocycles. The van der Waals surface area contributed by atoms with E-state index in [1.54, 1.807) is 0 Å². The van der Waals surface area contributed by atoms with Crippen molar-refractivity contribution in [3.8, 4) is 0 Å². The summed E-state index contributed by atoms with van der Waals surface area (Å²) in [6.07, 6.45) is 5.29. The van der Waals surface area contributed by atoms with E-state index < -0.39 is 5.41 Å². The van der Waals surface area contributed by atoms with E-state index in [0.717, 1.165) is 38.8 Å². The van der Waals surface area contributed by atoms with Crippen molar-refractivity contribution in [3.05, 3.63) is 71.8 Å². The fraction of sp³-hybridized carbons (Fsp3) is 0.440. The third-order valence-corrected chi connectivity index (χ3v) is 6.41. The zero-order chi connectivity index (χ0) is 20.1. The van der Waals surface area contributed by atoms with Crippen LogP contribution in [0.2, 0.25) is 0 Å². The van der Waals surface area contributed by atoms with E-state index in [-0.39, 0.29) is 11.8 Å². The molecule has 2 aliphatic rings. The number of piperidine rings is 1. The van der Waals surface area contributed by atoms with Gasteiger partial charge in [-0.25, -0.2) is 0 Å². The number of likely N-dealkylation sites (tertiary alicyclic amines) is 1. The number of rotatable bonds is 7. The largest absolute Gasteiger partial charge is 0.355 e. The van der Waals surface area contributed by atoms with Crippen LogP contribution < -0.4 is 5.32 Å². The molecule has 0 aromatic heterocycles. The number of nitrogens with zero attached hydrogens (tertiary/aromatic N) is 1. The Hall–Kier alpha value is -2.62. The molecule has 29 heavy (non-hydrogen) atoms. The highest BCUT2D eigenvalue weighted by Gasteiger charge is 2.58. The molecule has 0 atom stereocenters. The van der Waals surface area contributed by atoms with Crippen LogP contribution in [0.25, 0.3) is 0 Å². The molecule has 0 bridgehead atoms. The first kappa shape index (κ1) is 19.7. The van der Waals surface area contributed by atoms with E-state index in [1.807, 2.05) is 29.2 Å². The van der Waals surface area contributed by atoms with Crippen LogP contribution in [-0.2, 0) is 22.4 Å². The van der Waals surface area contributed by atoms with Crippen LogP contribution in [0, 0.1) is 11.3 Å². The van der Waals surface area contributed by atoms with Crippen molar-refractivity contribution in [1.29, 1.82) is 0 Å². The molecule has 1 saturated heterocycles. The second-order valence-electron chi connectivity index (χ2n) is 8.50. The topological polar surface area (TPSA) is 49.4 Å². The van der Waals surface area contributed by atoms with Gasteiger partial charge in [-0.2, -0.15) is 0 Å². The standard InChI is InChI=1S/C25H30N2O2/c28-23(26-16-11-20-7-3-1-4-8-20)25(14-15-25)24(29)27-17-12-22(13-18-27)19-21-9-5-2-6-10-21/h1-10,22H,11-19H2,(H,26,28). The van der Waals surface area contributed by atoms with Crippen molar-refractivity contribution in [2.24, 2.45) is 11.3 Å². The molecule has 4 rings (SSSR count). The first-order chi connectivity index (χ1) is 14.2. The minimum Gasteiger partial charge on any atom is -0.355 e. The van der Waals surface area contributed by atoms with Crippen molar-refractivity contribution >= 4 is 11.8 Å². The van der Waals surface area contributed by atoms with E-state index in [9.17, 15) is 9.59 Å². The number of carbonyl (C=O) groups is 2. The van der Waals surface area contributed by atoms with Crippen LogP contribution in [0.1, 0.15) is 36.8 Å². The second-order valence-corrected chi connectivity index (χ2v) is 8.50. The zero-order valence-electron chi connectivity index (χ0n) is 17.0. The molecule has 0 radical (unpaired) electrons. The highest BCUT2D eigenvalue weighted by atomic mass is 16.2. The molecule has 2 aromatic rings. The van der Waals surface area contributed by atoms with Crippen LogP contribution in [0.3, 0.4) is 0 Å². The van der Waals surface area contributed by atoms with Crippen LogP contribution in [0.4, 0.5) is 0 Å². The predicted octanol–water partition coefficient (Wildman–Crippen LogP) is 3.61. The molecule has 2 aromatic carbocycles. The van der Waals surface area contributed by atoms with Gasteiger partial charge in [0.25, 0.3) is 0 Å². The lowest BCUT2D eigenvalue weighted by Crippen LogP contribution is -2.48. The summed E-state index contributed by atoms with van der Waals surface area (Å²) in [6, 6.07) is 20.7. The number of hydrogen-bond acceptors (Lipinski definition) is 2. The number of benzene rings is 2. The minimum absolute atomic E-state index is 0.0490. The number of nitrogens with one attached hydrogen (secondary N) is 1. The molecule has 1 N–H and O–H groups in total. The molecule has 4 heteroatoms. The molecule has 152 valence electrons. The van der Waals surface area contributed by atoms with Gasteiger partial charge < -0.3 is 10.2 Å². The zero-order valence-corrected chi connectivity index (χ0v) is 17.0. The Balaban J connectivity index is 1.25. The number of carbonyl (C=O) groups excluding carboxylic acids is 2. The van der Waals surface area contributed by atoms with Crippen LogP contribution >= 0.6 is 0 Å². The first-order valence-electron chi connectivity index (χ1n) is 10.8. The molecular formula is C25H30N2O2. The number of hydrogen-bond donors (Lipinski definition) is 1. The highest BCUT2D eigenvalue weighted by Crippen LogP contribution is 2.48. The van der Waals surface area contributed by atoms with Gasteiger partial charge in [0.05, 0.1) is 0 Å². The van der Waals surface area contributed by atoms with Crippen molar-refractivity contribution < 1.29 is 9.59 Å². The molecule has 1 heterocycles. The SMILES string of the molecule is O=C(NCCc1ccccc1)C1(C(=O)N2CCC(Cc3ccccc3)CC2)CC1. The van der Waals surface area contributed by atoms with Crippen LogP contribution in [0.15, 0.2) is 60.7 Å². The quantitative estimate of drug-likeness (QED) is 0.735. The van der Waals surface area contributed by atoms with Gasteiger partial charge in [-0.05, 0) is 55.6 Å². The third kappa shape index (κ3) is 4.69. The van der Waals surface area contributed by atoms with Gasteiger partial charge in [-0.1, -0.05) is 60.7 Å². The van der Waals surface area contributed by atoms with Crippen molar-refractivity contribution in [1.82, 2.24) is 10.2 Å². The third-order valence-electron chi connectivity index (χ3n) is 6.41. The number of amides is 2. The smallest absolute Gasteiger partial charge is 0.238 e. The fourth-order valence-corrected chi connectivity index (χ4v) is 4.39. The Labute approximate surface area is 173 Å². The van der Waals surface area contributed by atoms with Gasteiger partial charge in [0.2, 0.25) is 11.8 Å². The molecule has 2 amide bonds. The Morgan fingerprint density at radius 1 is 0.897 bits per heavy atom. The van der Waals surface area contributed by atoms with Crippen molar-refractivity contribution in [2.75, 3.05) is 19.6 Å². The van der Waals surface area contributed by atoms with Gasteiger partial charge in [0.15, 0.2) is 0 Å². The van der Waals surface area contributed by atoms with Gasteiger partial charge in [0.1, 0.15) is 5.41 Å².